The van der Waals surface area contributed by atoms with Crippen LogP contribution in [-0.2, 0) is 16.6 Å². The third-order valence-electron chi connectivity index (χ3n) is 2.72. The Balaban J connectivity index is 2.14. The summed E-state index contributed by atoms with van der Waals surface area (Å²) in [5.74, 6) is 0. The van der Waals surface area contributed by atoms with Gasteiger partial charge in [-0.1, -0.05) is 29.8 Å². The molecule has 0 bridgehead atoms. The van der Waals surface area contributed by atoms with E-state index in [1.54, 1.807) is 13.0 Å². The second-order valence-electron chi connectivity index (χ2n) is 4.28. The van der Waals surface area contributed by atoms with Gasteiger partial charge in [-0.25, -0.2) is 13.1 Å². The monoisotopic (exact) mass is 359 g/mol. The Labute approximate surface area is 125 Å². The van der Waals surface area contributed by atoms with E-state index in [1.165, 1.54) is 11.3 Å². The minimum absolute atomic E-state index is 0.301. The van der Waals surface area contributed by atoms with Crippen molar-refractivity contribution in [2.75, 3.05) is 0 Å². The molecule has 0 spiro atoms. The molecule has 0 saturated heterocycles. The Morgan fingerprint density at radius 1 is 1.21 bits per heavy atom. The summed E-state index contributed by atoms with van der Waals surface area (Å²) in [5, 5.41) is 0. The van der Waals surface area contributed by atoms with Gasteiger partial charge in [0.25, 0.3) is 0 Å². The van der Waals surface area contributed by atoms with Crippen molar-refractivity contribution in [1.29, 1.82) is 0 Å². The predicted molar refractivity (Wildman–Crippen MR) is 82.0 cm³/mol. The van der Waals surface area contributed by atoms with Gasteiger partial charge in [-0.15, -0.1) is 11.3 Å². The van der Waals surface area contributed by atoms with Crippen LogP contribution in [0.1, 0.15) is 16.0 Å². The maximum atomic E-state index is 12.2. The first-order valence-electron chi connectivity index (χ1n) is 5.69. The molecule has 1 aromatic carbocycles. The highest BCUT2D eigenvalue weighted by Gasteiger charge is 2.18. The average molecular weight is 360 g/mol. The molecular formula is C13H14BrNO2S2. The molecule has 0 unspecified atom stereocenters. The van der Waals surface area contributed by atoms with Gasteiger partial charge in [0, 0.05) is 11.4 Å². The van der Waals surface area contributed by atoms with E-state index in [9.17, 15) is 8.42 Å². The summed E-state index contributed by atoms with van der Waals surface area (Å²) in [4.78, 5) is 1.12. The van der Waals surface area contributed by atoms with Crippen LogP contribution in [0.25, 0.3) is 0 Å². The molecule has 1 aromatic heterocycles. The Kier molecular flexibility index (Phi) is 4.45. The highest BCUT2D eigenvalue weighted by Crippen LogP contribution is 2.29. The predicted octanol–water partition coefficient (Wildman–Crippen LogP) is 3.61. The van der Waals surface area contributed by atoms with E-state index in [2.05, 4.69) is 20.7 Å². The van der Waals surface area contributed by atoms with Gasteiger partial charge in [0.2, 0.25) is 10.0 Å². The van der Waals surface area contributed by atoms with Crippen LogP contribution in [0, 0.1) is 13.8 Å². The molecule has 0 atom stereocenters. The van der Waals surface area contributed by atoms with E-state index in [-0.39, 0.29) is 0 Å². The molecule has 6 heteroatoms. The Morgan fingerprint density at radius 2 is 1.84 bits per heavy atom. The van der Waals surface area contributed by atoms with Gasteiger partial charge in [-0.05, 0) is 41.4 Å². The number of thiophene rings is 1. The van der Waals surface area contributed by atoms with Crippen LogP contribution in [0.4, 0.5) is 0 Å². The van der Waals surface area contributed by atoms with E-state index >= 15 is 0 Å². The number of aryl methyl sites for hydroxylation is 2. The standard InChI is InChI=1S/C13H14BrNO2S2/c1-9-3-5-11(6-4-9)8-15-19(16,17)12-7-13(14)18-10(12)2/h3-7,15H,8H2,1-2H3. The van der Waals surface area contributed by atoms with Crippen molar-refractivity contribution in [3.05, 3.63) is 50.1 Å². The van der Waals surface area contributed by atoms with Crippen molar-refractivity contribution >= 4 is 37.3 Å². The number of halogens is 1. The van der Waals surface area contributed by atoms with Crippen LogP contribution in [0.15, 0.2) is 39.0 Å². The second kappa shape index (κ2) is 5.75. The molecule has 0 radical (unpaired) electrons. The van der Waals surface area contributed by atoms with E-state index in [4.69, 9.17) is 0 Å². The Bertz CT molecular complexity index is 675. The van der Waals surface area contributed by atoms with Crippen LogP contribution >= 0.6 is 27.3 Å². The van der Waals surface area contributed by atoms with Crippen LogP contribution in [0.3, 0.4) is 0 Å². The Hall–Kier alpha value is -0.690. The highest BCUT2D eigenvalue weighted by molar-refractivity contribution is 9.11. The third-order valence-corrected chi connectivity index (χ3v) is 5.93. The molecule has 3 nitrogen and oxygen atoms in total. The van der Waals surface area contributed by atoms with E-state index < -0.39 is 10.0 Å². The van der Waals surface area contributed by atoms with Crippen LogP contribution in [0.2, 0.25) is 0 Å². The SMILES string of the molecule is Cc1ccc(CNS(=O)(=O)c2cc(Br)sc2C)cc1. The quantitative estimate of drug-likeness (QED) is 0.906. The number of nitrogens with one attached hydrogen (secondary N) is 1. The number of sulfonamides is 1. The van der Waals surface area contributed by atoms with Crippen molar-refractivity contribution in [2.24, 2.45) is 0 Å². The van der Waals surface area contributed by atoms with Crippen molar-refractivity contribution in [3.8, 4) is 0 Å². The molecule has 102 valence electrons. The van der Waals surface area contributed by atoms with Crippen LogP contribution in [-0.4, -0.2) is 8.42 Å². The summed E-state index contributed by atoms with van der Waals surface area (Å²) in [6.07, 6.45) is 0. The molecule has 0 amide bonds. The van der Waals surface area contributed by atoms with Crippen molar-refractivity contribution < 1.29 is 8.42 Å². The van der Waals surface area contributed by atoms with E-state index in [0.717, 1.165) is 19.8 Å². The fraction of sp³-hybridized carbons (Fsp3) is 0.231. The van der Waals surface area contributed by atoms with Gasteiger partial charge in [-0.2, -0.15) is 0 Å². The summed E-state index contributed by atoms with van der Waals surface area (Å²) >= 11 is 4.72. The lowest BCUT2D eigenvalue weighted by atomic mass is 10.2. The maximum absolute atomic E-state index is 12.2. The summed E-state index contributed by atoms with van der Waals surface area (Å²) in [6.45, 7) is 4.10. The first-order chi connectivity index (χ1) is 8.88. The topological polar surface area (TPSA) is 46.2 Å². The molecule has 2 aromatic rings. The Morgan fingerprint density at radius 3 is 2.37 bits per heavy atom. The van der Waals surface area contributed by atoms with Gasteiger partial charge < -0.3 is 0 Å². The largest absolute Gasteiger partial charge is 0.242 e. The summed E-state index contributed by atoms with van der Waals surface area (Å²) in [5.41, 5.74) is 2.10. The molecule has 19 heavy (non-hydrogen) atoms. The van der Waals surface area contributed by atoms with Gasteiger partial charge in [-0.3, -0.25) is 0 Å². The van der Waals surface area contributed by atoms with Gasteiger partial charge in [0.05, 0.1) is 8.68 Å². The molecule has 0 aliphatic carbocycles. The van der Waals surface area contributed by atoms with Gasteiger partial charge in [0.15, 0.2) is 0 Å². The molecule has 1 heterocycles. The lowest BCUT2D eigenvalue weighted by molar-refractivity contribution is 0.581. The smallest absolute Gasteiger partial charge is 0.207 e. The first kappa shape index (κ1) is 14.7. The lowest BCUT2D eigenvalue weighted by Crippen LogP contribution is -2.23. The summed E-state index contributed by atoms with van der Waals surface area (Å²) < 4.78 is 27.8. The number of benzene rings is 1. The van der Waals surface area contributed by atoms with Gasteiger partial charge >= 0.3 is 0 Å². The van der Waals surface area contributed by atoms with Crippen molar-refractivity contribution in [1.82, 2.24) is 4.72 Å². The highest BCUT2D eigenvalue weighted by atomic mass is 79.9. The third kappa shape index (κ3) is 3.66. The second-order valence-corrected chi connectivity index (χ2v) is 8.65. The van der Waals surface area contributed by atoms with Crippen molar-refractivity contribution in [2.45, 2.75) is 25.3 Å². The fourth-order valence-electron chi connectivity index (χ4n) is 1.66. The molecule has 0 fully saturated rings. The summed E-state index contributed by atoms with van der Waals surface area (Å²) in [6, 6.07) is 9.42. The first-order valence-corrected chi connectivity index (χ1v) is 8.79. The fourth-order valence-corrected chi connectivity index (χ4v) is 5.09. The van der Waals surface area contributed by atoms with Crippen molar-refractivity contribution in [3.63, 3.8) is 0 Å². The normalized spacial score (nSPS) is 11.7. The van der Waals surface area contributed by atoms with E-state index in [0.29, 0.717) is 11.4 Å². The zero-order chi connectivity index (χ0) is 14.0. The van der Waals surface area contributed by atoms with E-state index in [1.807, 2.05) is 31.2 Å². The number of rotatable bonds is 4. The number of hydrogen-bond donors (Lipinski definition) is 1. The molecule has 0 aliphatic rings. The molecule has 0 saturated carbocycles. The minimum Gasteiger partial charge on any atom is -0.207 e. The molecule has 1 N–H and O–H groups in total. The molecule has 0 aliphatic heterocycles. The van der Waals surface area contributed by atoms with Crippen LogP contribution in [0.5, 0.6) is 0 Å². The number of hydrogen-bond acceptors (Lipinski definition) is 3. The minimum atomic E-state index is -3.45. The molecule has 2 rings (SSSR count). The average Bonchev–Trinajstić information content (AvgIpc) is 2.69. The molecular weight excluding hydrogens is 346 g/mol. The van der Waals surface area contributed by atoms with Crippen LogP contribution < -0.4 is 4.72 Å². The summed E-state index contributed by atoms with van der Waals surface area (Å²) in [7, 11) is -3.45. The lowest BCUT2D eigenvalue weighted by Gasteiger charge is -2.06. The zero-order valence-electron chi connectivity index (χ0n) is 10.6. The zero-order valence-corrected chi connectivity index (χ0v) is 13.8. The van der Waals surface area contributed by atoms with Gasteiger partial charge in [0.1, 0.15) is 0 Å². The maximum Gasteiger partial charge on any atom is 0.242 e.